The first-order valence-corrected chi connectivity index (χ1v) is 8.70. The number of hydrogen-bond acceptors (Lipinski definition) is 3. The maximum absolute atomic E-state index is 12.1. The molecule has 1 aromatic carbocycles. The molecule has 130 valence electrons. The van der Waals surface area contributed by atoms with Gasteiger partial charge in [-0.15, -0.1) is 0 Å². The molecule has 0 bridgehead atoms. The minimum atomic E-state index is -0.215. The monoisotopic (exact) mass is 357 g/mol. The van der Waals surface area contributed by atoms with Gasteiger partial charge in [-0.25, -0.2) is 0 Å². The molecule has 2 unspecified atom stereocenters. The van der Waals surface area contributed by atoms with Crippen LogP contribution in [0.2, 0.25) is 5.02 Å². The van der Waals surface area contributed by atoms with Crippen LogP contribution in [0.25, 0.3) is 0 Å². The largest absolute Gasteiger partial charge is 0.356 e. The molecule has 1 aliphatic carbocycles. The van der Waals surface area contributed by atoms with Crippen molar-refractivity contribution in [1.29, 1.82) is 0 Å². The summed E-state index contributed by atoms with van der Waals surface area (Å²) in [5, 5.41) is 6.47. The van der Waals surface area contributed by atoms with E-state index in [1.807, 2.05) is 36.4 Å². The summed E-state index contributed by atoms with van der Waals surface area (Å²) in [6, 6.07) is 11.3. The first-order chi connectivity index (χ1) is 12.1. The molecule has 6 heteroatoms. The number of pyridine rings is 1. The lowest BCUT2D eigenvalue weighted by Gasteiger charge is -2.06. The number of amides is 2. The van der Waals surface area contributed by atoms with Gasteiger partial charge in [-0.3, -0.25) is 14.6 Å². The maximum atomic E-state index is 12.1. The van der Waals surface area contributed by atoms with Gasteiger partial charge in [0.1, 0.15) is 0 Å². The summed E-state index contributed by atoms with van der Waals surface area (Å²) in [7, 11) is 0. The van der Waals surface area contributed by atoms with Gasteiger partial charge < -0.3 is 10.6 Å². The summed E-state index contributed by atoms with van der Waals surface area (Å²) in [4.78, 5) is 28.2. The normalized spacial score (nSPS) is 18.4. The summed E-state index contributed by atoms with van der Waals surface area (Å²) in [6.45, 7) is 1.00. The fourth-order valence-corrected chi connectivity index (χ4v) is 2.96. The number of benzene rings is 1. The highest BCUT2D eigenvalue weighted by atomic mass is 35.5. The zero-order valence-electron chi connectivity index (χ0n) is 13.7. The number of hydrogen-bond donors (Lipinski definition) is 2. The fourth-order valence-electron chi connectivity index (χ4n) is 2.75. The highest BCUT2D eigenvalue weighted by Crippen LogP contribution is 2.38. The molecular formula is C19H20ClN3O2. The lowest BCUT2D eigenvalue weighted by molar-refractivity contribution is -0.127. The second-order valence-electron chi connectivity index (χ2n) is 6.19. The van der Waals surface area contributed by atoms with Crippen LogP contribution in [-0.2, 0) is 22.6 Å². The number of nitrogens with one attached hydrogen (secondary N) is 2. The van der Waals surface area contributed by atoms with E-state index in [4.69, 9.17) is 11.6 Å². The fraction of sp³-hybridized carbons (Fsp3) is 0.316. The lowest BCUT2D eigenvalue weighted by Crippen LogP contribution is -2.31. The Morgan fingerprint density at radius 1 is 1.04 bits per heavy atom. The molecule has 1 heterocycles. The van der Waals surface area contributed by atoms with Gasteiger partial charge in [0, 0.05) is 30.5 Å². The molecule has 0 saturated heterocycles. The van der Waals surface area contributed by atoms with Crippen molar-refractivity contribution < 1.29 is 9.59 Å². The van der Waals surface area contributed by atoms with Gasteiger partial charge in [0.15, 0.2) is 0 Å². The van der Waals surface area contributed by atoms with E-state index in [0.29, 0.717) is 24.5 Å². The maximum Gasteiger partial charge on any atom is 0.224 e. The topological polar surface area (TPSA) is 71.1 Å². The molecule has 0 spiro atoms. The Hall–Kier alpha value is -2.40. The highest BCUT2D eigenvalue weighted by Gasteiger charge is 2.47. The molecule has 1 aliphatic rings. The predicted molar refractivity (Wildman–Crippen MR) is 95.8 cm³/mol. The molecular weight excluding hydrogens is 338 g/mol. The Balaban J connectivity index is 1.37. The molecule has 1 fully saturated rings. The third-order valence-electron chi connectivity index (χ3n) is 4.28. The molecule has 2 amide bonds. The van der Waals surface area contributed by atoms with E-state index in [1.54, 1.807) is 12.4 Å². The molecule has 2 aromatic rings. The van der Waals surface area contributed by atoms with Crippen LogP contribution in [0, 0.1) is 11.8 Å². The van der Waals surface area contributed by atoms with Crippen LogP contribution >= 0.6 is 11.6 Å². The van der Waals surface area contributed by atoms with Crippen molar-refractivity contribution in [2.75, 3.05) is 6.54 Å². The number of rotatable bonds is 7. The zero-order chi connectivity index (χ0) is 17.6. The first kappa shape index (κ1) is 17.4. The average molecular weight is 358 g/mol. The molecule has 25 heavy (non-hydrogen) atoms. The van der Waals surface area contributed by atoms with Crippen molar-refractivity contribution in [1.82, 2.24) is 15.6 Å². The number of halogens is 1. The molecule has 3 rings (SSSR count). The Morgan fingerprint density at radius 2 is 1.76 bits per heavy atom. The van der Waals surface area contributed by atoms with Gasteiger partial charge in [0.25, 0.3) is 0 Å². The third kappa shape index (κ3) is 5.03. The quantitative estimate of drug-likeness (QED) is 0.799. The first-order valence-electron chi connectivity index (χ1n) is 8.32. The molecule has 0 radical (unpaired) electrons. The highest BCUT2D eigenvalue weighted by molar-refractivity contribution is 6.30. The minimum Gasteiger partial charge on any atom is -0.356 e. The average Bonchev–Trinajstić information content (AvgIpc) is 3.41. The number of carbonyl (C=O) groups excluding carboxylic acids is 2. The lowest BCUT2D eigenvalue weighted by atomic mass is 10.1. The van der Waals surface area contributed by atoms with Gasteiger partial charge in [-0.1, -0.05) is 23.7 Å². The van der Waals surface area contributed by atoms with Gasteiger partial charge in [0.2, 0.25) is 11.8 Å². The van der Waals surface area contributed by atoms with Crippen LogP contribution in [0.15, 0.2) is 48.8 Å². The summed E-state index contributed by atoms with van der Waals surface area (Å²) in [5.74, 6) is -0.539. The molecule has 5 nitrogen and oxygen atoms in total. The summed E-state index contributed by atoms with van der Waals surface area (Å²) in [6.07, 6.45) is 4.71. The number of nitrogens with zero attached hydrogens (tertiary/aromatic N) is 1. The van der Waals surface area contributed by atoms with Crippen molar-refractivity contribution in [2.45, 2.75) is 19.4 Å². The van der Waals surface area contributed by atoms with Crippen molar-refractivity contribution in [3.05, 3.63) is 64.9 Å². The zero-order valence-corrected chi connectivity index (χ0v) is 14.5. The summed E-state index contributed by atoms with van der Waals surface area (Å²) < 4.78 is 0. The van der Waals surface area contributed by atoms with Crippen LogP contribution in [0.1, 0.15) is 17.5 Å². The molecule has 1 aromatic heterocycles. The van der Waals surface area contributed by atoms with Crippen LogP contribution in [0.3, 0.4) is 0 Å². The van der Waals surface area contributed by atoms with Gasteiger partial charge in [-0.05, 0) is 48.2 Å². The van der Waals surface area contributed by atoms with E-state index in [0.717, 1.165) is 17.5 Å². The van der Waals surface area contributed by atoms with E-state index in [-0.39, 0.29) is 23.7 Å². The van der Waals surface area contributed by atoms with E-state index < -0.39 is 0 Å². The Bertz CT molecular complexity index is 751. The van der Waals surface area contributed by atoms with E-state index in [9.17, 15) is 9.59 Å². The number of aromatic nitrogens is 1. The second-order valence-corrected chi connectivity index (χ2v) is 6.63. The van der Waals surface area contributed by atoms with E-state index in [2.05, 4.69) is 15.6 Å². The standard InChI is InChI=1S/C19H20ClN3O2/c20-15-3-1-2-13(10-15)6-9-22-18(24)16-11-17(16)19(25)23-12-14-4-7-21-8-5-14/h1-5,7-8,10,16-17H,6,9,11-12H2,(H,22,24)(H,23,25). The van der Waals surface area contributed by atoms with Gasteiger partial charge >= 0.3 is 0 Å². The Kier molecular flexibility index (Phi) is 5.66. The van der Waals surface area contributed by atoms with E-state index in [1.165, 1.54) is 0 Å². The van der Waals surface area contributed by atoms with Crippen LogP contribution in [-0.4, -0.2) is 23.3 Å². The predicted octanol–water partition coefficient (Wildman–Crippen LogP) is 2.35. The molecule has 2 N–H and O–H groups in total. The number of carbonyl (C=O) groups is 2. The summed E-state index contributed by atoms with van der Waals surface area (Å²) >= 11 is 5.94. The van der Waals surface area contributed by atoms with Crippen LogP contribution in [0.5, 0.6) is 0 Å². The second kappa shape index (κ2) is 8.12. The van der Waals surface area contributed by atoms with Crippen molar-refractivity contribution in [2.24, 2.45) is 11.8 Å². The molecule has 0 aliphatic heterocycles. The Labute approximate surface area is 151 Å². The van der Waals surface area contributed by atoms with Gasteiger partial charge in [0.05, 0.1) is 11.8 Å². The minimum absolute atomic E-state index is 0.0499. The van der Waals surface area contributed by atoms with Gasteiger partial charge in [-0.2, -0.15) is 0 Å². The smallest absolute Gasteiger partial charge is 0.224 e. The van der Waals surface area contributed by atoms with Crippen LogP contribution in [0.4, 0.5) is 0 Å². The Morgan fingerprint density at radius 3 is 2.48 bits per heavy atom. The molecule has 2 atom stereocenters. The van der Waals surface area contributed by atoms with E-state index >= 15 is 0 Å². The SMILES string of the molecule is O=C(NCCc1cccc(Cl)c1)C1CC1C(=O)NCc1ccncc1. The van der Waals surface area contributed by atoms with Crippen molar-refractivity contribution in [3.8, 4) is 0 Å². The summed E-state index contributed by atoms with van der Waals surface area (Å²) in [5.41, 5.74) is 2.07. The van der Waals surface area contributed by atoms with Crippen LogP contribution < -0.4 is 10.6 Å². The third-order valence-corrected chi connectivity index (χ3v) is 4.52. The van der Waals surface area contributed by atoms with Crippen molar-refractivity contribution in [3.63, 3.8) is 0 Å². The van der Waals surface area contributed by atoms with Crippen molar-refractivity contribution >= 4 is 23.4 Å². The molecule has 1 saturated carbocycles.